The van der Waals surface area contributed by atoms with Crippen LogP contribution < -0.4 is 9.79 Å². The van der Waals surface area contributed by atoms with E-state index in [9.17, 15) is 0 Å². The van der Waals surface area contributed by atoms with Gasteiger partial charge in [-0.25, -0.2) is 0 Å². The molecule has 0 bridgehead atoms. The van der Waals surface area contributed by atoms with E-state index in [-0.39, 0.29) is 0 Å². The largest absolute Gasteiger partial charge is 0.813 e. The molecule has 0 aromatic heterocycles. The Kier molecular flexibility index (Phi) is 17.1. The summed E-state index contributed by atoms with van der Waals surface area (Å²) in [5.41, 5.74) is 0. The van der Waals surface area contributed by atoms with E-state index in [1.165, 1.54) is 25.7 Å². The number of hydrogen-bond acceptors (Lipinski definition) is 3. The van der Waals surface area contributed by atoms with Gasteiger partial charge in [0.1, 0.15) is 0 Å². The number of unbranched alkanes of at least 4 members (excludes halogenated alkanes) is 3. The first-order chi connectivity index (χ1) is 5.15. The predicted molar refractivity (Wildman–Crippen MR) is 38.0 cm³/mol. The Morgan fingerprint density at radius 2 is 1.73 bits per heavy atom. The summed E-state index contributed by atoms with van der Waals surface area (Å²) >= 11 is 4.51. The Morgan fingerprint density at radius 1 is 1.27 bits per heavy atom. The van der Waals surface area contributed by atoms with Crippen LogP contribution in [0.25, 0.3) is 0 Å². The van der Waals surface area contributed by atoms with Crippen molar-refractivity contribution in [2.75, 3.05) is 0 Å². The van der Waals surface area contributed by atoms with E-state index in [2.05, 4.69) is 22.4 Å². The fraction of sp³-hybridized carbons (Fsp3) is 1.00. The van der Waals surface area contributed by atoms with E-state index in [1.54, 1.807) is 0 Å². The van der Waals surface area contributed by atoms with Crippen molar-refractivity contribution in [1.82, 2.24) is 0 Å². The van der Waals surface area contributed by atoms with Crippen LogP contribution in [-0.2, 0) is 20.0 Å². The van der Waals surface area contributed by atoms with Gasteiger partial charge in [0.05, 0.1) is 0 Å². The molecule has 71 valence electrons. The van der Waals surface area contributed by atoms with Crippen LogP contribution in [0.4, 0.5) is 0 Å². The summed E-state index contributed by atoms with van der Waals surface area (Å²) in [6.07, 6.45) is 5.29. The molecule has 0 spiro atoms. The van der Waals surface area contributed by atoms with Gasteiger partial charge in [0, 0.05) is 0 Å². The third-order valence-corrected chi connectivity index (χ3v) is 1.31. The van der Waals surface area contributed by atoms with E-state index in [1.807, 2.05) is 0 Å². The van der Waals surface area contributed by atoms with Gasteiger partial charge in [-0.1, -0.05) is 8.25 Å². The molecule has 0 aliphatic carbocycles. The molecule has 0 rings (SSSR count). The Hall–Kier alpha value is 0.644. The van der Waals surface area contributed by atoms with Crippen molar-refractivity contribution in [2.45, 2.75) is 38.0 Å². The van der Waals surface area contributed by atoms with Crippen LogP contribution in [0.3, 0.4) is 0 Å². The maximum Gasteiger partial charge on any atom is -0.0813 e. The average Bonchev–Trinajstić information content (AvgIpc) is 1.88. The topological polar surface area (TPSA) is 63.2 Å². The molecule has 0 aromatic carbocycles. The van der Waals surface area contributed by atoms with Crippen LogP contribution in [0.2, 0.25) is 5.39 Å². The summed E-state index contributed by atoms with van der Waals surface area (Å²) in [6, 6.07) is 0. The summed E-state index contributed by atoms with van der Waals surface area (Å²) in [7, 11) is -3.63. The van der Waals surface area contributed by atoms with Crippen LogP contribution >= 0.6 is 8.25 Å². The maximum atomic E-state index is 8.52. The van der Waals surface area contributed by atoms with E-state index >= 15 is 0 Å². The van der Waals surface area contributed by atoms with Gasteiger partial charge in [-0.15, -0.1) is 0 Å². The molecule has 11 heavy (non-hydrogen) atoms. The van der Waals surface area contributed by atoms with Crippen LogP contribution in [0, 0.1) is 0 Å². The normalized spacial score (nSPS) is 9.18. The molecule has 0 N–H and O–H groups in total. The summed E-state index contributed by atoms with van der Waals surface area (Å²) < 4.78 is 8.52. The van der Waals surface area contributed by atoms with E-state index in [4.69, 9.17) is 14.4 Å². The fourth-order valence-electron chi connectivity index (χ4n) is 0.506. The van der Waals surface area contributed by atoms with E-state index < -0.39 is 8.25 Å². The van der Waals surface area contributed by atoms with Crippen LogP contribution in [0.5, 0.6) is 0 Å². The molecule has 0 aliphatic heterocycles. The summed E-state index contributed by atoms with van der Waals surface area (Å²) in [6.45, 7) is 2.22. The predicted octanol–water partition coefficient (Wildman–Crippen LogP) is 0.628. The molecule has 0 amide bonds. The summed E-state index contributed by atoms with van der Waals surface area (Å²) in [5.74, 6) is 0. The third kappa shape index (κ3) is 36.9. The molecule has 0 saturated carbocycles. The van der Waals surface area contributed by atoms with Gasteiger partial charge in [0.15, 0.2) is 0 Å². The van der Waals surface area contributed by atoms with Crippen molar-refractivity contribution in [3.63, 3.8) is 0 Å². The smallest absolute Gasteiger partial charge is 0.0813 e. The SMILES string of the molecule is CCCCC[CH2][Ni+2].O=[PH]([O-])[O-]. The second-order valence-corrected chi connectivity index (χ2v) is 2.96. The molecule has 0 heterocycles. The maximum absolute atomic E-state index is 8.52. The van der Waals surface area contributed by atoms with Crippen molar-refractivity contribution >= 4 is 8.25 Å². The first-order valence-corrected chi connectivity index (χ1v) is 5.47. The zero-order valence-electron chi connectivity index (χ0n) is 6.58. The minimum absolute atomic E-state index is 0.986. The number of hydrogen-bond donors (Lipinski definition) is 0. The molecule has 5 heteroatoms. The van der Waals surface area contributed by atoms with Crippen LogP contribution in [-0.4, -0.2) is 0 Å². The van der Waals surface area contributed by atoms with Gasteiger partial charge in [-0.3, -0.25) is 0 Å². The summed E-state index contributed by atoms with van der Waals surface area (Å²) in [4.78, 5) is 17.0. The van der Waals surface area contributed by atoms with Crippen LogP contribution in [0.1, 0.15) is 32.6 Å². The first-order valence-electron chi connectivity index (χ1n) is 3.54. The zero-order chi connectivity index (χ0) is 9.11. The van der Waals surface area contributed by atoms with Crippen molar-refractivity contribution in [3.8, 4) is 0 Å². The Balaban J connectivity index is 0. The zero-order valence-corrected chi connectivity index (χ0v) is 8.56. The van der Waals surface area contributed by atoms with Gasteiger partial charge in [0.2, 0.25) is 0 Å². The molecule has 0 radical (unpaired) electrons. The third-order valence-electron chi connectivity index (χ3n) is 0.965. The number of rotatable bonds is 4. The Morgan fingerprint density at radius 3 is 2.00 bits per heavy atom. The van der Waals surface area contributed by atoms with Gasteiger partial charge < -0.3 is 14.4 Å². The van der Waals surface area contributed by atoms with Crippen molar-refractivity contribution in [1.29, 1.82) is 0 Å². The minimum atomic E-state index is -3.63. The molecule has 0 aliphatic rings. The van der Waals surface area contributed by atoms with Gasteiger partial charge >= 0.3 is 53.5 Å². The average molecular weight is 224 g/mol. The molecule has 0 saturated heterocycles. The molecule has 3 nitrogen and oxygen atoms in total. The standard InChI is InChI=1S/C6H13.Ni.H3O3P/c1-3-5-6-4-2;;1-4(2)3/h1,3-6H2,2H3;;4H,(H2,1,2,3)/q;+2;/p-2. The second-order valence-electron chi connectivity index (χ2n) is 1.97. The van der Waals surface area contributed by atoms with Crippen molar-refractivity contribution in [2.24, 2.45) is 0 Å². The molecule has 0 atom stereocenters. The van der Waals surface area contributed by atoms with Crippen molar-refractivity contribution < 1.29 is 29.8 Å². The van der Waals surface area contributed by atoms with Gasteiger partial charge in [-0.2, -0.15) is 0 Å². The quantitative estimate of drug-likeness (QED) is 0.399. The monoisotopic (exact) mass is 223 g/mol. The van der Waals surface area contributed by atoms with Crippen molar-refractivity contribution in [3.05, 3.63) is 0 Å². The molecule has 0 unspecified atom stereocenters. The minimum Gasteiger partial charge on any atom is -0.813 e. The van der Waals surface area contributed by atoms with Crippen LogP contribution in [0.15, 0.2) is 0 Å². The van der Waals surface area contributed by atoms with E-state index in [0.717, 1.165) is 5.39 Å². The van der Waals surface area contributed by atoms with E-state index in [0.29, 0.717) is 0 Å². The van der Waals surface area contributed by atoms with Gasteiger partial charge in [-0.05, 0) is 0 Å². The molecule has 0 fully saturated rings. The molecular weight excluding hydrogens is 210 g/mol. The fourth-order valence-corrected chi connectivity index (χ4v) is 0.753. The Bertz CT molecular complexity index is 81.9. The molecule has 0 aromatic rings. The first kappa shape index (κ1) is 14.2. The molecular formula is C6H14NiO3P. The summed E-state index contributed by atoms with van der Waals surface area (Å²) in [5, 5.41) is 0.986. The van der Waals surface area contributed by atoms with Gasteiger partial charge in [0.25, 0.3) is 0 Å². The second kappa shape index (κ2) is 13.2. The Labute approximate surface area is 76.5 Å².